The van der Waals surface area contributed by atoms with Crippen LogP contribution in [-0.4, -0.2) is 39.9 Å². The molecule has 0 fully saturated rings. The van der Waals surface area contributed by atoms with E-state index in [2.05, 4.69) is 26.9 Å². The maximum atomic E-state index is 12.7. The minimum Gasteiger partial charge on any atom is -0.497 e. The second kappa shape index (κ2) is 12.1. The van der Waals surface area contributed by atoms with Crippen LogP contribution in [0.15, 0.2) is 71.9 Å². The van der Waals surface area contributed by atoms with Crippen molar-refractivity contribution in [3.8, 4) is 17.2 Å². The number of aromatic nitrogens is 3. The Labute approximate surface area is 223 Å². The van der Waals surface area contributed by atoms with E-state index in [1.165, 1.54) is 38.1 Å². The number of carbonyl (C=O) groups is 1. The monoisotopic (exact) mass is 534 g/mol. The Hall–Kier alpha value is -4.58. The number of methoxy groups -OCH3 is 2. The fraction of sp³-hybridized carbons (Fsp3) is 0.192. The van der Waals surface area contributed by atoms with Crippen molar-refractivity contribution in [3.63, 3.8) is 0 Å². The number of benzene rings is 3. The van der Waals surface area contributed by atoms with Gasteiger partial charge in [-0.3, -0.25) is 14.7 Å². The number of non-ortho nitro benzene ring substituents is 1. The van der Waals surface area contributed by atoms with Crippen LogP contribution in [0, 0.1) is 17.0 Å². The maximum Gasteiger partial charge on any atom is 0.319 e. The van der Waals surface area contributed by atoms with Crippen molar-refractivity contribution in [3.05, 3.63) is 93.8 Å². The van der Waals surface area contributed by atoms with E-state index >= 15 is 0 Å². The maximum absolute atomic E-state index is 12.7. The summed E-state index contributed by atoms with van der Waals surface area (Å²) in [6, 6.07) is 18.7. The molecule has 2 amide bonds. The van der Waals surface area contributed by atoms with Crippen molar-refractivity contribution in [2.45, 2.75) is 24.4 Å². The van der Waals surface area contributed by atoms with Gasteiger partial charge >= 0.3 is 6.03 Å². The van der Waals surface area contributed by atoms with Gasteiger partial charge in [-0.25, -0.2) is 4.79 Å². The number of carbonyl (C=O) groups excluding carboxylic acids is 1. The molecule has 0 spiro atoms. The Morgan fingerprint density at radius 2 is 1.71 bits per heavy atom. The quantitative estimate of drug-likeness (QED) is 0.163. The molecule has 196 valence electrons. The Morgan fingerprint density at radius 3 is 2.34 bits per heavy atom. The number of amides is 2. The zero-order valence-corrected chi connectivity index (χ0v) is 21.8. The van der Waals surface area contributed by atoms with Crippen LogP contribution in [0.5, 0.6) is 11.5 Å². The molecule has 3 aromatic carbocycles. The summed E-state index contributed by atoms with van der Waals surface area (Å²) < 4.78 is 12.3. The highest BCUT2D eigenvalue weighted by Crippen LogP contribution is 2.28. The molecule has 0 aliphatic rings. The van der Waals surface area contributed by atoms with Crippen molar-refractivity contribution in [1.29, 1.82) is 0 Å². The Balaban J connectivity index is 1.54. The summed E-state index contributed by atoms with van der Waals surface area (Å²) in [5.41, 5.74) is 3.42. The number of ether oxygens (including phenoxy) is 2. The number of rotatable bonds is 10. The number of nitrogens with zero attached hydrogens (tertiary/aromatic N) is 4. The first-order valence-corrected chi connectivity index (χ1v) is 12.5. The minimum atomic E-state index is -0.465. The zero-order valence-electron chi connectivity index (χ0n) is 21.0. The lowest BCUT2D eigenvalue weighted by Crippen LogP contribution is -2.29. The molecule has 0 unspecified atom stereocenters. The van der Waals surface area contributed by atoms with Crippen LogP contribution in [0.25, 0.3) is 5.69 Å². The number of aryl methyl sites for hydroxylation is 1. The largest absolute Gasteiger partial charge is 0.497 e. The lowest BCUT2D eigenvalue weighted by atomic mass is 10.1. The van der Waals surface area contributed by atoms with Gasteiger partial charge in [-0.2, -0.15) is 0 Å². The van der Waals surface area contributed by atoms with E-state index < -0.39 is 11.0 Å². The molecule has 0 aliphatic carbocycles. The van der Waals surface area contributed by atoms with Gasteiger partial charge in [-0.15, -0.1) is 10.2 Å². The van der Waals surface area contributed by atoms with E-state index in [1.807, 2.05) is 25.1 Å². The fourth-order valence-corrected chi connectivity index (χ4v) is 4.67. The van der Waals surface area contributed by atoms with Crippen molar-refractivity contribution >= 4 is 29.2 Å². The number of nitro benzene ring substituents is 1. The van der Waals surface area contributed by atoms with E-state index in [0.29, 0.717) is 39.6 Å². The zero-order chi connectivity index (χ0) is 27.1. The number of thioether (sulfide) groups is 1. The number of hydrogen-bond acceptors (Lipinski definition) is 8. The molecule has 4 aromatic rings. The summed E-state index contributed by atoms with van der Waals surface area (Å²) in [6.45, 7) is 2.10. The summed E-state index contributed by atoms with van der Waals surface area (Å²) in [7, 11) is 3.05. The average Bonchev–Trinajstić information content (AvgIpc) is 3.33. The molecular formula is C26H26N6O5S. The van der Waals surface area contributed by atoms with Crippen LogP contribution in [0.1, 0.15) is 17.0 Å². The number of hydrogen-bond donors (Lipinski definition) is 2. The number of nitrogens with one attached hydrogen (secondary N) is 2. The van der Waals surface area contributed by atoms with Crippen LogP contribution in [0.2, 0.25) is 0 Å². The van der Waals surface area contributed by atoms with Gasteiger partial charge in [0.25, 0.3) is 5.69 Å². The molecule has 0 saturated carbocycles. The smallest absolute Gasteiger partial charge is 0.319 e. The third-order valence-electron chi connectivity index (χ3n) is 5.65. The molecule has 0 saturated heterocycles. The Morgan fingerprint density at radius 1 is 1.03 bits per heavy atom. The number of urea groups is 1. The van der Waals surface area contributed by atoms with Gasteiger partial charge < -0.3 is 20.1 Å². The summed E-state index contributed by atoms with van der Waals surface area (Å²) >= 11 is 1.48. The molecule has 0 aliphatic heterocycles. The van der Waals surface area contributed by atoms with Gasteiger partial charge in [0, 0.05) is 47.5 Å². The first kappa shape index (κ1) is 26.5. The Bertz CT molecular complexity index is 1420. The molecule has 1 heterocycles. The van der Waals surface area contributed by atoms with Crippen LogP contribution in [0.3, 0.4) is 0 Å². The van der Waals surface area contributed by atoms with Gasteiger partial charge in [0.2, 0.25) is 0 Å². The Kier molecular flexibility index (Phi) is 8.44. The first-order valence-electron chi connectivity index (χ1n) is 11.5. The third-order valence-corrected chi connectivity index (χ3v) is 6.63. The predicted octanol–water partition coefficient (Wildman–Crippen LogP) is 5.12. The molecule has 4 rings (SSSR count). The van der Waals surface area contributed by atoms with Crippen LogP contribution in [0.4, 0.5) is 16.2 Å². The summed E-state index contributed by atoms with van der Waals surface area (Å²) in [5, 5.41) is 25.9. The lowest BCUT2D eigenvalue weighted by molar-refractivity contribution is -0.384. The highest BCUT2D eigenvalue weighted by molar-refractivity contribution is 7.98. The van der Waals surface area contributed by atoms with Gasteiger partial charge in [0.05, 0.1) is 25.7 Å². The van der Waals surface area contributed by atoms with E-state index in [9.17, 15) is 14.9 Å². The van der Waals surface area contributed by atoms with E-state index in [1.54, 1.807) is 34.9 Å². The van der Waals surface area contributed by atoms with Gasteiger partial charge in [0.15, 0.2) is 11.0 Å². The van der Waals surface area contributed by atoms with Crippen LogP contribution in [-0.2, 0) is 12.3 Å². The van der Waals surface area contributed by atoms with Crippen LogP contribution >= 0.6 is 11.8 Å². The lowest BCUT2D eigenvalue weighted by Gasteiger charge is -2.13. The predicted molar refractivity (Wildman–Crippen MR) is 144 cm³/mol. The van der Waals surface area contributed by atoms with Crippen LogP contribution < -0.4 is 20.1 Å². The fourth-order valence-electron chi connectivity index (χ4n) is 3.62. The second-order valence-electron chi connectivity index (χ2n) is 8.13. The number of anilines is 1. The summed E-state index contributed by atoms with van der Waals surface area (Å²) in [6.07, 6.45) is 0. The molecule has 2 N–H and O–H groups in total. The molecule has 0 radical (unpaired) electrons. The first-order chi connectivity index (χ1) is 18.4. The summed E-state index contributed by atoms with van der Waals surface area (Å²) in [4.78, 5) is 23.3. The van der Waals surface area contributed by atoms with Gasteiger partial charge in [-0.05, 0) is 30.2 Å². The topological polar surface area (TPSA) is 133 Å². The van der Waals surface area contributed by atoms with Crippen molar-refractivity contribution < 1.29 is 19.2 Å². The van der Waals surface area contributed by atoms with E-state index in [-0.39, 0.29) is 12.2 Å². The number of nitro groups is 1. The SMILES string of the molecule is COc1cc(NC(=O)NCc2nnc(SCc3ccccc3C)n2-c2ccc([N+](=O)[O-])cc2)cc(OC)c1. The van der Waals surface area contributed by atoms with Crippen molar-refractivity contribution in [2.24, 2.45) is 0 Å². The highest BCUT2D eigenvalue weighted by atomic mass is 32.2. The molecular weight excluding hydrogens is 508 g/mol. The molecule has 38 heavy (non-hydrogen) atoms. The minimum absolute atomic E-state index is 0.0243. The van der Waals surface area contributed by atoms with Crippen molar-refractivity contribution in [1.82, 2.24) is 20.1 Å². The molecule has 1 aromatic heterocycles. The average molecular weight is 535 g/mol. The van der Waals surface area contributed by atoms with Gasteiger partial charge in [-0.1, -0.05) is 36.0 Å². The summed E-state index contributed by atoms with van der Waals surface area (Å²) in [5.74, 6) is 2.19. The highest BCUT2D eigenvalue weighted by Gasteiger charge is 2.17. The molecule has 0 atom stereocenters. The van der Waals surface area contributed by atoms with Gasteiger partial charge in [0.1, 0.15) is 11.5 Å². The standard InChI is InChI=1S/C26H26N6O5S/c1-17-6-4-5-7-18(17)16-38-26-30-29-24(31(26)20-8-10-21(11-9-20)32(34)35)15-27-25(33)28-19-12-22(36-2)14-23(13-19)37-3/h4-14H,15-16H2,1-3H3,(H2,27,28,33). The van der Waals surface area contributed by atoms with E-state index in [4.69, 9.17) is 9.47 Å². The third kappa shape index (κ3) is 6.40. The molecule has 12 heteroatoms. The van der Waals surface area contributed by atoms with Crippen molar-refractivity contribution in [2.75, 3.05) is 19.5 Å². The molecule has 0 bridgehead atoms. The molecule has 11 nitrogen and oxygen atoms in total. The second-order valence-corrected chi connectivity index (χ2v) is 9.07. The van der Waals surface area contributed by atoms with E-state index in [0.717, 1.165) is 11.1 Å². The normalized spacial score (nSPS) is 10.6.